The molecule has 0 spiro atoms. The van der Waals surface area contributed by atoms with Crippen LogP contribution in [0.2, 0.25) is 0 Å². The molecule has 1 fully saturated rings. The topological polar surface area (TPSA) is 67.9 Å². The molecule has 0 aliphatic carbocycles. The minimum atomic E-state index is -0.601. The lowest BCUT2D eigenvalue weighted by Crippen LogP contribution is -2.35. The van der Waals surface area contributed by atoms with Gasteiger partial charge in [0.05, 0.1) is 26.3 Å². The number of hydrogen-bond donors (Lipinski definition) is 1. The summed E-state index contributed by atoms with van der Waals surface area (Å²) >= 11 is 0. The molecule has 0 aromatic heterocycles. The highest BCUT2D eigenvalue weighted by Gasteiger charge is 2.41. The van der Waals surface area contributed by atoms with Gasteiger partial charge in [-0.05, 0) is 37.6 Å². The van der Waals surface area contributed by atoms with Crippen molar-refractivity contribution in [2.24, 2.45) is 0 Å². The van der Waals surface area contributed by atoms with Crippen molar-refractivity contribution in [2.75, 3.05) is 24.4 Å². The zero-order valence-corrected chi connectivity index (χ0v) is 15.3. The minimum Gasteiger partial charge on any atom is -0.497 e. The summed E-state index contributed by atoms with van der Waals surface area (Å²) in [6.07, 6.45) is 0.0985. The van der Waals surface area contributed by atoms with Crippen molar-refractivity contribution >= 4 is 23.2 Å². The van der Waals surface area contributed by atoms with E-state index >= 15 is 0 Å². The summed E-state index contributed by atoms with van der Waals surface area (Å²) in [5.74, 6) is 0.451. The summed E-state index contributed by atoms with van der Waals surface area (Å²) in [6, 6.07) is 10.3. The van der Waals surface area contributed by atoms with Crippen LogP contribution >= 0.6 is 0 Å². The Hall–Kier alpha value is -3.02. The van der Waals surface area contributed by atoms with E-state index in [1.165, 1.54) is 12.0 Å². The molecule has 0 bridgehead atoms. The summed E-state index contributed by atoms with van der Waals surface area (Å²) in [5, 5.41) is 3.20. The Labute approximate surface area is 152 Å². The highest BCUT2D eigenvalue weighted by atomic mass is 16.5. The number of nitrogens with one attached hydrogen (secondary N) is 1. The van der Waals surface area contributed by atoms with Crippen LogP contribution < -0.4 is 19.7 Å². The number of amides is 2. The second kappa shape index (κ2) is 7.07. The third-order valence-electron chi connectivity index (χ3n) is 4.49. The number of anilines is 2. The van der Waals surface area contributed by atoms with Gasteiger partial charge in [0.2, 0.25) is 5.91 Å². The lowest BCUT2D eigenvalue weighted by molar-refractivity contribution is -0.121. The van der Waals surface area contributed by atoms with Gasteiger partial charge in [0.1, 0.15) is 17.5 Å². The van der Waals surface area contributed by atoms with Gasteiger partial charge in [-0.1, -0.05) is 17.7 Å². The van der Waals surface area contributed by atoms with E-state index in [0.29, 0.717) is 17.2 Å². The second-order valence-electron chi connectivity index (χ2n) is 6.32. The minimum absolute atomic E-state index is 0.0985. The molecule has 26 heavy (non-hydrogen) atoms. The van der Waals surface area contributed by atoms with E-state index in [0.717, 1.165) is 16.8 Å². The molecule has 2 aromatic rings. The van der Waals surface area contributed by atoms with Gasteiger partial charge in [-0.25, -0.2) is 4.90 Å². The fourth-order valence-electron chi connectivity index (χ4n) is 3.13. The third-order valence-corrected chi connectivity index (χ3v) is 4.49. The summed E-state index contributed by atoms with van der Waals surface area (Å²) in [6.45, 7) is 3.99. The van der Waals surface area contributed by atoms with Gasteiger partial charge in [-0.3, -0.25) is 9.59 Å². The average molecular weight is 354 g/mol. The maximum atomic E-state index is 12.9. The first-order valence-electron chi connectivity index (χ1n) is 8.37. The molecule has 2 amide bonds. The molecule has 2 aromatic carbocycles. The summed E-state index contributed by atoms with van der Waals surface area (Å²) in [7, 11) is 3.04. The number of carbonyl (C=O) groups is 2. The highest BCUT2D eigenvalue weighted by molar-refractivity contribution is 6.23. The number of imide groups is 1. The molecular formula is C20H22N2O4. The molecule has 3 rings (SSSR count). The van der Waals surface area contributed by atoms with Crippen molar-refractivity contribution in [1.82, 2.24) is 0 Å². The molecule has 1 aliphatic rings. The first-order chi connectivity index (χ1) is 12.4. The molecule has 1 atom stereocenters. The lowest BCUT2D eigenvalue weighted by atomic mass is 10.1. The maximum Gasteiger partial charge on any atom is 0.256 e. The van der Waals surface area contributed by atoms with E-state index < -0.39 is 6.04 Å². The Kier molecular flexibility index (Phi) is 4.84. The number of methoxy groups -OCH3 is 2. The highest BCUT2D eigenvalue weighted by Crippen LogP contribution is 2.35. The van der Waals surface area contributed by atoms with E-state index in [1.807, 2.05) is 32.0 Å². The first kappa shape index (κ1) is 17.8. The molecular weight excluding hydrogens is 332 g/mol. The summed E-state index contributed by atoms with van der Waals surface area (Å²) in [4.78, 5) is 26.6. The van der Waals surface area contributed by atoms with Crippen LogP contribution in [0.3, 0.4) is 0 Å². The Morgan fingerprint density at radius 2 is 1.81 bits per heavy atom. The number of rotatable bonds is 5. The van der Waals surface area contributed by atoms with Gasteiger partial charge in [-0.15, -0.1) is 0 Å². The Morgan fingerprint density at radius 3 is 2.46 bits per heavy atom. The maximum absolute atomic E-state index is 12.9. The van der Waals surface area contributed by atoms with Crippen LogP contribution in [0.1, 0.15) is 17.5 Å². The smallest absolute Gasteiger partial charge is 0.256 e. The van der Waals surface area contributed by atoms with Gasteiger partial charge in [0.15, 0.2) is 0 Å². The van der Waals surface area contributed by atoms with E-state index in [4.69, 9.17) is 9.47 Å². The summed E-state index contributed by atoms with van der Waals surface area (Å²) < 4.78 is 10.5. The van der Waals surface area contributed by atoms with E-state index in [-0.39, 0.29) is 18.2 Å². The predicted octanol–water partition coefficient (Wildman–Crippen LogP) is 3.06. The standard InChI is InChI=1S/C20H22N2O4/c1-12-5-7-15(13(2)9-12)21-16-11-19(23)22(20(16)24)17-8-6-14(25-3)10-18(17)26-4/h5-10,16,21H,11H2,1-4H3/t16-/m0/s1. The first-order valence-corrected chi connectivity index (χ1v) is 8.37. The Morgan fingerprint density at radius 1 is 1.04 bits per heavy atom. The van der Waals surface area contributed by atoms with Crippen LogP contribution in [0.4, 0.5) is 11.4 Å². The van der Waals surface area contributed by atoms with Crippen molar-refractivity contribution in [1.29, 1.82) is 0 Å². The van der Waals surface area contributed by atoms with Crippen LogP contribution in [-0.2, 0) is 9.59 Å². The fraction of sp³-hybridized carbons (Fsp3) is 0.300. The number of hydrogen-bond acceptors (Lipinski definition) is 5. The Balaban J connectivity index is 1.87. The van der Waals surface area contributed by atoms with Gasteiger partial charge >= 0.3 is 0 Å². The molecule has 1 heterocycles. The lowest BCUT2D eigenvalue weighted by Gasteiger charge is -2.19. The van der Waals surface area contributed by atoms with Crippen molar-refractivity contribution in [3.8, 4) is 11.5 Å². The van der Waals surface area contributed by atoms with Gasteiger partial charge < -0.3 is 14.8 Å². The van der Waals surface area contributed by atoms with E-state index in [2.05, 4.69) is 5.32 Å². The molecule has 136 valence electrons. The number of ether oxygens (including phenoxy) is 2. The van der Waals surface area contributed by atoms with E-state index in [1.54, 1.807) is 25.3 Å². The monoisotopic (exact) mass is 354 g/mol. The number of aryl methyl sites for hydroxylation is 2. The number of carbonyl (C=O) groups excluding carboxylic acids is 2. The van der Waals surface area contributed by atoms with Crippen LogP contribution in [0.25, 0.3) is 0 Å². The number of benzene rings is 2. The molecule has 1 N–H and O–H groups in total. The van der Waals surface area contributed by atoms with E-state index in [9.17, 15) is 9.59 Å². The normalized spacial score (nSPS) is 16.8. The second-order valence-corrected chi connectivity index (χ2v) is 6.32. The zero-order chi connectivity index (χ0) is 18.8. The zero-order valence-electron chi connectivity index (χ0n) is 15.3. The van der Waals surface area contributed by atoms with Crippen molar-refractivity contribution in [3.05, 3.63) is 47.5 Å². The molecule has 1 saturated heterocycles. The molecule has 0 saturated carbocycles. The summed E-state index contributed by atoms with van der Waals surface area (Å²) in [5.41, 5.74) is 3.45. The molecule has 6 heteroatoms. The van der Waals surface area contributed by atoms with Crippen LogP contribution in [0.5, 0.6) is 11.5 Å². The molecule has 0 radical (unpaired) electrons. The largest absolute Gasteiger partial charge is 0.497 e. The van der Waals surface area contributed by atoms with Crippen LogP contribution in [-0.4, -0.2) is 32.1 Å². The van der Waals surface area contributed by atoms with Gasteiger partial charge in [0, 0.05) is 11.8 Å². The molecule has 1 aliphatic heterocycles. The van der Waals surface area contributed by atoms with Crippen molar-refractivity contribution < 1.29 is 19.1 Å². The fourth-order valence-corrected chi connectivity index (χ4v) is 3.13. The van der Waals surface area contributed by atoms with Crippen LogP contribution in [0, 0.1) is 13.8 Å². The van der Waals surface area contributed by atoms with Crippen LogP contribution in [0.15, 0.2) is 36.4 Å². The SMILES string of the molecule is COc1ccc(N2C(=O)C[C@H](Nc3ccc(C)cc3C)C2=O)c(OC)c1. The third kappa shape index (κ3) is 3.22. The Bertz CT molecular complexity index is 863. The number of nitrogens with zero attached hydrogens (tertiary/aromatic N) is 1. The quantitative estimate of drug-likeness (QED) is 0.836. The van der Waals surface area contributed by atoms with Crippen molar-refractivity contribution in [3.63, 3.8) is 0 Å². The average Bonchev–Trinajstić information content (AvgIpc) is 2.90. The molecule has 0 unspecified atom stereocenters. The van der Waals surface area contributed by atoms with Gasteiger partial charge in [-0.2, -0.15) is 0 Å². The molecule has 6 nitrogen and oxygen atoms in total. The van der Waals surface area contributed by atoms with Crippen molar-refractivity contribution in [2.45, 2.75) is 26.3 Å². The van der Waals surface area contributed by atoms with Gasteiger partial charge in [0.25, 0.3) is 5.91 Å². The predicted molar refractivity (Wildman–Crippen MR) is 100.0 cm³/mol.